The molecule has 0 aliphatic carbocycles. The molecule has 0 bridgehead atoms. The van der Waals surface area contributed by atoms with E-state index in [-0.39, 0.29) is 5.82 Å². The van der Waals surface area contributed by atoms with E-state index in [0.29, 0.717) is 12.0 Å². The van der Waals surface area contributed by atoms with E-state index >= 15 is 0 Å². The lowest BCUT2D eigenvalue weighted by molar-refractivity contribution is 0.592. The normalized spacial score (nSPS) is 11.8. The molecule has 90 valence electrons. The Morgan fingerprint density at radius 2 is 1.89 bits per heavy atom. The predicted octanol–water partition coefficient (Wildman–Crippen LogP) is 3.46. The lowest BCUT2D eigenvalue weighted by Gasteiger charge is -2.10. The molecule has 1 atom stereocenters. The standard InChI is InChI=1S/C15H13FN2/c16-15-4-2-1-3-14(15)13(11-17)6-5-12-7-9-18-10-8-12/h1-4,7-10,13H,5-6H2. The van der Waals surface area contributed by atoms with Crippen molar-refractivity contribution >= 4 is 0 Å². The van der Waals surface area contributed by atoms with Gasteiger partial charge in [-0.3, -0.25) is 4.98 Å². The molecule has 2 rings (SSSR count). The minimum Gasteiger partial charge on any atom is -0.265 e. The summed E-state index contributed by atoms with van der Waals surface area (Å²) in [6.07, 6.45) is 4.80. The highest BCUT2D eigenvalue weighted by Crippen LogP contribution is 2.23. The maximum atomic E-state index is 13.6. The van der Waals surface area contributed by atoms with Crippen molar-refractivity contribution in [3.05, 3.63) is 65.7 Å². The fourth-order valence-electron chi connectivity index (χ4n) is 1.91. The van der Waals surface area contributed by atoms with Crippen LogP contribution in [-0.2, 0) is 6.42 Å². The molecule has 1 heterocycles. The first-order valence-corrected chi connectivity index (χ1v) is 5.84. The molecular formula is C15H13FN2. The third kappa shape index (κ3) is 2.92. The first kappa shape index (κ1) is 12.3. The molecule has 3 heteroatoms. The molecule has 0 amide bonds. The van der Waals surface area contributed by atoms with Gasteiger partial charge in [0.2, 0.25) is 0 Å². The number of benzene rings is 1. The summed E-state index contributed by atoms with van der Waals surface area (Å²) in [6, 6.07) is 12.5. The second kappa shape index (κ2) is 5.92. The highest BCUT2D eigenvalue weighted by molar-refractivity contribution is 5.27. The molecule has 0 saturated heterocycles. The van der Waals surface area contributed by atoms with E-state index in [9.17, 15) is 4.39 Å². The van der Waals surface area contributed by atoms with Gasteiger partial charge in [-0.2, -0.15) is 5.26 Å². The van der Waals surface area contributed by atoms with Crippen molar-refractivity contribution in [3.63, 3.8) is 0 Å². The first-order valence-electron chi connectivity index (χ1n) is 5.84. The third-order valence-corrected chi connectivity index (χ3v) is 2.91. The van der Waals surface area contributed by atoms with Gasteiger partial charge >= 0.3 is 0 Å². The van der Waals surface area contributed by atoms with Gasteiger partial charge in [-0.1, -0.05) is 18.2 Å². The molecule has 2 aromatic rings. The summed E-state index contributed by atoms with van der Waals surface area (Å²) in [6.45, 7) is 0. The second-order valence-corrected chi connectivity index (χ2v) is 4.10. The van der Waals surface area contributed by atoms with Gasteiger partial charge in [0.05, 0.1) is 12.0 Å². The van der Waals surface area contributed by atoms with Crippen molar-refractivity contribution < 1.29 is 4.39 Å². The maximum Gasteiger partial charge on any atom is 0.127 e. The zero-order valence-corrected chi connectivity index (χ0v) is 9.88. The Kier molecular flexibility index (Phi) is 4.03. The molecule has 0 N–H and O–H groups in total. The van der Waals surface area contributed by atoms with Gasteiger partial charge in [0.15, 0.2) is 0 Å². The molecule has 1 aromatic heterocycles. The number of halogens is 1. The number of aromatic nitrogens is 1. The number of hydrogen-bond acceptors (Lipinski definition) is 2. The molecule has 0 saturated carbocycles. The second-order valence-electron chi connectivity index (χ2n) is 4.10. The summed E-state index contributed by atoms with van der Waals surface area (Å²) >= 11 is 0. The first-order chi connectivity index (χ1) is 8.81. The van der Waals surface area contributed by atoms with Crippen LogP contribution in [0.4, 0.5) is 4.39 Å². The van der Waals surface area contributed by atoms with Crippen LogP contribution in [0, 0.1) is 17.1 Å². The Labute approximate surface area is 106 Å². The molecule has 18 heavy (non-hydrogen) atoms. The molecule has 0 aliphatic heterocycles. The number of rotatable bonds is 4. The average molecular weight is 240 g/mol. The van der Waals surface area contributed by atoms with Crippen molar-refractivity contribution in [2.45, 2.75) is 18.8 Å². The smallest absolute Gasteiger partial charge is 0.127 e. The molecule has 0 fully saturated rings. The van der Waals surface area contributed by atoms with Crippen molar-refractivity contribution in [2.24, 2.45) is 0 Å². The van der Waals surface area contributed by atoms with Gasteiger partial charge in [-0.05, 0) is 36.6 Å². The molecule has 0 aliphatic rings. The molecule has 0 spiro atoms. The summed E-state index contributed by atoms with van der Waals surface area (Å²) in [5.74, 6) is -0.710. The largest absolute Gasteiger partial charge is 0.265 e. The Morgan fingerprint density at radius 3 is 2.56 bits per heavy atom. The van der Waals surface area contributed by atoms with Gasteiger partial charge in [-0.25, -0.2) is 4.39 Å². The van der Waals surface area contributed by atoms with Crippen LogP contribution in [0.2, 0.25) is 0 Å². The van der Waals surface area contributed by atoms with E-state index < -0.39 is 5.92 Å². The molecule has 2 nitrogen and oxygen atoms in total. The number of nitriles is 1. The van der Waals surface area contributed by atoms with Gasteiger partial charge in [-0.15, -0.1) is 0 Å². The van der Waals surface area contributed by atoms with Crippen LogP contribution in [0.3, 0.4) is 0 Å². The van der Waals surface area contributed by atoms with E-state index in [2.05, 4.69) is 11.1 Å². The Hall–Kier alpha value is -2.21. The van der Waals surface area contributed by atoms with E-state index in [1.807, 2.05) is 12.1 Å². The zero-order chi connectivity index (χ0) is 12.8. The van der Waals surface area contributed by atoms with Crippen LogP contribution < -0.4 is 0 Å². The van der Waals surface area contributed by atoms with Gasteiger partial charge in [0.1, 0.15) is 5.82 Å². The molecule has 1 unspecified atom stereocenters. The molecule has 0 radical (unpaired) electrons. The zero-order valence-electron chi connectivity index (χ0n) is 9.88. The van der Waals surface area contributed by atoms with Crippen LogP contribution in [0.25, 0.3) is 0 Å². The van der Waals surface area contributed by atoms with Gasteiger partial charge < -0.3 is 0 Å². The summed E-state index contributed by atoms with van der Waals surface area (Å²) in [4.78, 5) is 3.94. The van der Waals surface area contributed by atoms with Crippen LogP contribution >= 0.6 is 0 Å². The Morgan fingerprint density at radius 1 is 1.17 bits per heavy atom. The summed E-state index contributed by atoms with van der Waals surface area (Å²) in [5, 5.41) is 9.15. The van der Waals surface area contributed by atoms with Crippen LogP contribution in [-0.4, -0.2) is 4.98 Å². The Bertz CT molecular complexity index is 546. The lowest BCUT2D eigenvalue weighted by atomic mass is 9.93. The van der Waals surface area contributed by atoms with E-state index in [0.717, 1.165) is 12.0 Å². The lowest BCUT2D eigenvalue weighted by Crippen LogP contribution is -2.01. The fourth-order valence-corrected chi connectivity index (χ4v) is 1.91. The third-order valence-electron chi connectivity index (χ3n) is 2.91. The number of nitrogens with zero attached hydrogens (tertiary/aromatic N) is 2. The highest BCUT2D eigenvalue weighted by Gasteiger charge is 2.14. The average Bonchev–Trinajstić information content (AvgIpc) is 2.42. The molecular weight excluding hydrogens is 227 g/mol. The van der Waals surface area contributed by atoms with Crippen molar-refractivity contribution in [3.8, 4) is 6.07 Å². The van der Waals surface area contributed by atoms with Gasteiger partial charge in [0, 0.05) is 18.0 Å². The van der Waals surface area contributed by atoms with Crippen LogP contribution in [0.15, 0.2) is 48.8 Å². The molecule has 1 aromatic carbocycles. The van der Waals surface area contributed by atoms with E-state index in [1.165, 1.54) is 6.07 Å². The predicted molar refractivity (Wildman–Crippen MR) is 67.3 cm³/mol. The maximum absolute atomic E-state index is 13.6. The number of pyridine rings is 1. The number of aryl methyl sites for hydroxylation is 1. The highest BCUT2D eigenvalue weighted by atomic mass is 19.1. The van der Waals surface area contributed by atoms with Gasteiger partial charge in [0.25, 0.3) is 0 Å². The summed E-state index contributed by atoms with van der Waals surface area (Å²) in [7, 11) is 0. The van der Waals surface area contributed by atoms with Crippen molar-refractivity contribution in [1.29, 1.82) is 5.26 Å². The van der Waals surface area contributed by atoms with Crippen LogP contribution in [0.1, 0.15) is 23.5 Å². The summed E-state index contributed by atoms with van der Waals surface area (Å²) in [5.41, 5.74) is 1.59. The quantitative estimate of drug-likeness (QED) is 0.820. The number of hydrogen-bond donors (Lipinski definition) is 0. The SMILES string of the molecule is N#CC(CCc1ccncc1)c1ccccc1F. The monoisotopic (exact) mass is 240 g/mol. The Balaban J connectivity index is 2.08. The van der Waals surface area contributed by atoms with E-state index in [1.54, 1.807) is 30.6 Å². The summed E-state index contributed by atoms with van der Waals surface area (Å²) < 4.78 is 13.6. The topological polar surface area (TPSA) is 36.7 Å². The fraction of sp³-hybridized carbons (Fsp3) is 0.200. The van der Waals surface area contributed by atoms with Crippen LogP contribution in [0.5, 0.6) is 0 Å². The van der Waals surface area contributed by atoms with Crippen molar-refractivity contribution in [1.82, 2.24) is 4.98 Å². The minimum atomic E-state index is -0.403. The minimum absolute atomic E-state index is 0.307. The van der Waals surface area contributed by atoms with Crippen molar-refractivity contribution in [2.75, 3.05) is 0 Å². The van der Waals surface area contributed by atoms with E-state index in [4.69, 9.17) is 5.26 Å².